The maximum atomic E-state index is 12.0. The summed E-state index contributed by atoms with van der Waals surface area (Å²) in [6, 6.07) is 6.87. The van der Waals surface area contributed by atoms with E-state index in [0.29, 0.717) is 25.5 Å². The molecule has 0 saturated carbocycles. The van der Waals surface area contributed by atoms with Crippen molar-refractivity contribution in [3.8, 4) is 0 Å². The van der Waals surface area contributed by atoms with Crippen molar-refractivity contribution in [1.82, 2.24) is 14.7 Å². The number of carbonyl (C=O) groups excluding carboxylic acids is 1. The summed E-state index contributed by atoms with van der Waals surface area (Å²) >= 11 is 0. The minimum Gasteiger partial charge on any atom is -0.383 e. The third kappa shape index (κ3) is 4.15. The van der Waals surface area contributed by atoms with Crippen LogP contribution in [-0.2, 0) is 29.2 Å². The topological polar surface area (TPSA) is 36.0 Å². The molecular formula is C19H29N3O2. The molecule has 132 valence electrons. The van der Waals surface area contributed by atoms with Crippen LogP contribution in [0.5, 0.6) is 0 Å². The van der Waals surface area contributed by atoms with E-state index in [2.05, 4.69) is 42.1 Å². The second-order valence-corrected chi connectivity index (χ2v) is 7.37. The number of methoxy groups -OCH3 is 1. The number of hydrogen-bond donors (Lipinski definition) is 0. The van der Waals surface area contributed by atoms with E-state index >= 15 is 0 Å². The highest BCUT2D eigenvalue weighted by atomic mass is 16.5. The highest BCUT2D eigenvalue weighted by Gasteiger charge is 2.29. The Morgan fingerprint density at radius 2 is 2.08 bits per heavy atom. The Morgan fingerprint density at radius 3 is 2.88 bits per heavy atom. The van der Waals surface area contributed by atoms with Gasteiger partial charge in [0.1, 0.15) is 0 Å². The molecule has 2 aliphatic heterocycles. The molecule has 2 aliphatic rings. The molecule has 0 aromatic heterocycles. The number of rotatable bonds is 7. The first kappa shape index (κ1) is 17.4. The molecule has 2 heterocycles. The maximum Gasteiger partial charge on any atom is 0.223 e. The quantitative estimate of drug-likeness (QED) is 0.760. The number of amides is 1. The SMILES string of the molecule is COCCN1CC(CN(C)Cc2ccc3c(c2)CN(C)C3)CC1=O. The average molecular weight is 331 g/mol. The Labute approximate surface area is 145 Å². The van der Waals surface area contributed by atoms with Gasteiger partial charge in [0, 0.05) is 52.8 Å². The summed E-state index contributed by atoms with van der Waals surface area (Å²) in [6.45, 7) is 6.23. The van der Waals surface area contributed by atoms with Gasteiger partial charge in [0.15, 0.2) is 0 Å². The molecule has 0 N–H and O–H groups in total. The van der Waals surface area contributed by atoms with Crippen LogP contribution in [0.2, 0.25) is 0 Å². The molecule has 24 heavy (non-hydrogen) atoms. The van der Waals surface area contributed by atoms with E-state index in [1.54, 1.807) is 7.11 Å². The lowest BCUT2D eigenvalue weighted by molar-refractivity contribution is -0.128. The molecule has 1 amide bonds. The minimum absolute atomic E-state index is 0.269. The molecule has 0 aliphatic carbocycles. The first-order chi connectivity index (χ1) is 11.5. The summed E-state index contributed by atoms with van der Waals surface area (Å²) < 4.78 is 5.08. The number of likely N-dealkylation sites (tertiary alicyclic amines) is 1. The molecule has 0 spiro atoms. The van der Waals surface area contributed by atoms with Crippen LogP contribution >= 0.6 is 0 Å². The van der Waals surface area contributed by atoms with E-state index in [1.165, 1.54) is 16.7 Å². The summed E-state index contributed by atoms with van der Waals surface area (Å²) in [7, 11) is 6.00. The third-order valence-corrected chi connectivity index (χ3v) is 5.03. The zero-order valence-corrected chi connectivity index (χ0v) is 15.1. The lowest BCUT2D eigenvalue weighted by Crippen LogP contribution is -2.31. The van der Waals surface area contributed by atoms with Crippen LogP contribution in [0.25, 0.3) is 0 Å². The van der Waals surface area contributed by atoms with E-state index in [4.69, 9.17) is 4.74 Å². The molecule has 1 aromatic carbocycles. The van der Waals surface area contributed by atoms with E-state index in [-0.39, 0.29) is 5.91 Å². The van der Waals surface area contributed by atoms with Gasteiger partial charge >= 0.3 is 0 Å². The van der Waals surface area contributed by atoms with Crippen LogP contribution in [0.3, 0.4) is 0 Å². The smallest absolute Gasteiger partial charge is 0.223 e. The van der Waals surface area contributed by atoms with Crippen LogP contribution in [0.15, 0.2) is 18.2 Å². The fraction of sp³-hybridized carbons (Fsp3) is 0.632. The Hall–Kier alpha value is -1.43. The fourth-order valence-corrected chi connectivity index (χ4v) is 3.93. The molecule has 3 rings (SSSR count). The van der Waals surface area contributed by atoms with Crippen molar-refractivity contribution in [2.24, 2.45) is 5.92 Å². The Bertz CT molecular complexity index is 590. The predicted octanol–water partition coefficient (Wildman–Crippen LogP) is 1.56. The van der Waals surface area contributed by atoms with Gasteiger partial charge in [0.05, 0.1) is 6.61 Å². The van der Waals surface area contributed by atoms with E-state index in [1.807, 2.05) is 4.90 Å². The van der Waals surface area contributed by atoms with Crippen molar-refractivity contribution in [2.45, 2.75) is 26.1 Å². The molecule has 5 heteroatoms. The van der Waals surface area contributed by atoms with Crippen molar-refractivity contribution >= 4 is 5.91 Å². The van der Waals surface area contributed by atoms with Crippen LogP contribution in [-0.4, -0.2) is 68.1 Å². The van der Waals surface area contributed by atoms with Crippen LogP contribution in [0, 0.1) is 5.92 Å². The number of fused-ring (bicyclic) bond motifs is 1. The maximum absolute atomic E-state index is 12.0. The first-order valence-corrected chi connectivity index (χ1v) is 8.79. The van der Waals surface area contributed by atoms with Gasteiger partial charge in [-0.15, -0.1) is 0 Å². The van der Waals surface area contributed by atoms with Gasteiger partial charge in [0.25, 0.3) is 0 Å². The Balaban J connectivity index is 1.50. The lowest BCUT2D eigenvalue weighted by Gasteiger charge is -2.21. The van der Waals surface area contributed by atoms with Gasteiger partial charge in [-0.1, -0.05) is 18.2 Å². The third-order valence-electron chi connectivity index (χ3n) is 5.03. The van der Waals surface area contributed by atoms with E-state index in [0.717, 1.165) is 32.7 Å². The Kier molecular flexibility index (Phi) is 5.54. The second kappa shape index (κ2) is 7.64. The highest BCUT2D eigenvalue weighted by Crippen LogP contribution is 2.23. The van der Waals surface area contributed by atoms with Gasteiger partial charge in [-0.25, -0.2) is 0 Å². The molecule has 1 aromatic rings. The van der Waals surface area contributed by atoms with Crippen LogP contribution < -0.4 is 0 Å². The molecule has 1 unspecified atom stereocenters. The van der Waals surface area contributed by atoms with Crippen molar-refractivity contribution in [1.29, 1.82) is 0 Å². The molecule has 1 saturated heterocycles. The van der Waals surface area contributed by atoms with Crippen molar-refractivity contribution in [3.05, 3.63) is 34.9 Å². The van der Waals surface area contributed by atoms with E-state index < -0.39 is 0 Å². The number of hydrogen-bond acceptors (Lipinski definition) is 4. The molecular weight excluding hydrogens is 302 g/mol. The lowest BCUT2D eigenvalue weighted by atomic mass is 10.1. The molecule has 1 fully saturated rings. The molecule has 5 nitrogen and oxygen atoms in total. The standard InChI is InChI=1S/C19H29N3O2/c1-20(11-16-9-19(23)22(12-16)6-7-24-3)10-15-4-5-17-13-21(2)14-18(17)8-15/h4-5,8,16H,6-7,9-14H2,1-3H3. The van der Waals surface area contributed by atoms with Crippen molar-refractivity contribution < 1.29 is 9.53 Å². The number of carbonyl (C=O) groups is 1. The van der Waals surface area contributed by atoms with Crippen LogP contribution in [0.1, 0.15) is 23.1 Å². The molecule has 1 atom stereocenters. The average Bonchev–Trinajstić information content (AvgIpc) is 3.06. The largest absolute Gasteiger partial charge is 0.383 e. The summed E-state index contributed by atoms with van der Waals surface area (Å²) in [5.41, 5.74) is 4.29. The zero-order chi connectivity index (χ0) is 17.1. The van der Waals surface area contributed by atoms with E-state index in [9.17, 15) is 4.79 Å². The first-order valence-electron chi connectivity index (χ1n) is 8.79. The number of ether oxygens (including phenoxy) is 1. The molecule has 0 bridgehead atoms. The summed E-state index contributed by atoms with van der Waals surface area (Å²) in [6.07, 6.45) is 0.670. The van der Waals surface area contributed by atoms with Gasteiger partial charge in [-0.3, -0.25) is 9.69 Å². The van der Waals surface area contributed by atoms with Crippen LogP contribution in [0.4, 0.5) is 0 Å². The highest BCUT2D eigenvalue weighted by molar-refractivity contribution is 5.78. The van der Waals surface area contributed by atoms with Gasteiger partial charge in [-0.2, -0.15) is 0 Å². The summed E-state index contributed by atoms with van der Waals surface area (Å²) in [5.74, 6) is 0.700. The zero-order valence-electron chi connectivity index (χ0n) is 15.1. The second-order valence-electron chi connectivity index (χ2n) is 7.37. The Morgan fingerprint density at radius 1 is 1.29 bits per heavy atom. The minimum atomic E-state index is 0.269. The molecule has 0 radical (unpaired) electrons. The predicted molar refractivity (Wildman–Crippen MR) is 94.5 cm³/mol. The van der Waals surface area contributed by atoms with Gasteiger partial charge < -0.3 is 14.5 Å². The summed E-state index contributed by atoms with van der Waals surface area (Å²) in [4.78, 5) is 18.7. The number of nitrogens with zero attached hydrogens (tertiary/aromatic N) is 3. The summed E-state index contributed by atoms with van der Waals surface area (Å²) in [5, 5.41) is 0. The van der Waals surface area contributed by atoms with Gasteiger partial charge in [-0.05, 0) is 36.7 Å². The van der Waals surface area contributed by atoms with Gasteiger partial charge in [0.2, 0.25) is 5.91 Å². The van der Waals surface area contributed by atoms with Crippen molar-refractivity contribution in [3.63, 3.8) is 0 Å². The normalized spacial score (nSPS) is 21.1. The monoisotopic (exact) mass is 331 g/mol. The fourth-order valence-electron chi connectivity index (χ4n) is 3.93. The van der Waals surface area contributed by atoms with Crippen molar-refractivity contribution in [2.75, 3.05) is 47.4 Å². The number of benzene rings is 1.